The van der Waals surface area contributed by atoms with E-state index in [0.29, 0.717) is 0 Å². The average molecular weight is 172 g/mol. The second kappa shape index (κ2) is 22.7. The van der Waals surface area contributed by atoms with Gasteiger partial charge in [0.15, 0.2) is 0 Å². The van der Waals surface area contributed by atoms with E-state index in [0.717, 1.165) is 0 Å². The summed E-state index contributed by atoms with van der Waals surface area (Å²) in [5, 5.41) is 0. The van der Waals surface area contributed by atoms with E-state index in [4.69, 9.17) is 0 Å². The fourth-order valence-corrected chi connectivity index (χ4v) is 0.677. The van der Waals surface area contributed by atoms with E-state index in [1.807, 2.05) is 0 Å². The number of rotatable bonds is 4. The summed E-state index contributed by atoms with van der Waals surface area (Å²) < 4.78 is 0. The standard InChI is InChI=1S/C7H16.3Na.3H/c1-3-5-7-6-4-2;;;;;;/h3-7H2,1-2H3;;;;;;. The SMILES string of the molecule is CCCCCCC.[NaH].[NaH].[NaH]. The third-order valence-electron chi connectivity index (χ3n) is 1.21. The summed E-state index contributed by atoms with van der Waals surface area (Å²) in [6.45, 7) is 4.49. The van der Waals surface area contributed by atoms with E-state index in [9.17, 15) is 0 Å². The van der Waals surface area contributed by atoms with Gasteiger partial charge in [-0.25, -0.2) is 0 Å². The van der Waals surface area contributed by atoms with Gasteiger partial charge in [0, 0.05) is 0 Å². The summed E-state index contributed by atoms with van der Waals surface area (Å²) in [5.41, 5.74) is 0. The first-order valence-corrected chi connectivity index (χ1v) is 3.41. The van der Waals surface area contributed by atoms with Crippen LogP contribution >= 0.6 is 0 Å². The third-order valence-corrected chi connectivity index (χ3v) is 1.21. The Labute approximate surface area is 132 Å². The average Bonchev–Trinajstić information content (AvgIpc) is 1.69. The first-order valence-electron chi connectivity index (χ1n) is 3.41. The van der Waals surface area contributed by atoms with Crippen molar-refractivity contribution in [2.75, 3.05) is 0 Å². The molecule has 0 aliphatic heterocycles. The van der Waals surface area contributed by atoms with Crippen molar-refractivity contribution >= 4 is 88.7 Å². The Hall–Kier alpha value is 3.00. The van der Waals surface area contributed by atoms with E-state index >= 15 is 0 Å². The predicted molar refractivity (Wildman–Crippen MR) is 55.9 cm³/mol. The molecule has 0 atom stereocenters. The Morgan fingerprint density at radius 3 is 1.10 bits per heavy atom. The zero-order valence-electron chi connectivity index (χ0n) is 5.54. The van der Waals surface area contributed by atoms with Gasteiger partial charge in [-0.1, -0.05) is 46.0 Å². The molecule has 0 unspecified atom stereocenters. The van der Waals surface area contributed by atoms with Crippen molar-refractivity contribution in [3.8, 4) is 0 Å². The molecular weight excluding hydrogens is 153 g/mol. The van der Waals surface area contributed by atoms with Gasteiger partial charge in [-0.05, 0) is 0 Å². The van der Waals surface area contributed by atoms with E-state index in [1.165, 1.54) is 32.1 Å². The molecule has 0 radical (unpaired) electrons. The summed E-state index contributed by atoms with van der Waals surface area (Å²) >= 11 is 0. The van der Waals surface area contributed by atoms with E-state index in [2.05, 4.69) is 13.8 Å². The molecule has 0 aliphatic rings. The molecular formula is C7H19Na3. The molecule has 0 aliphatic carbocycles. The van der Waals surface area contributed by atoms with Crippen molar-refractivity contribution in [1.29, 1.82) is 0 Å². The zero-order chi connectivity index (χ0) is 5.54. The van der Waals surface area contributed by atoms with Crippen molar-refractivity contribution in [3.05, 3.63) is 0 Å². The predicted octanol–water partition coefficient (Wildman–Crippen LogP) is 1.03. The van der Waals surface area contributed by atoms with Crippen LogP contribution in [0.5, 0.6) is 0 Å². The first-order chi connectivity index (χ1) is 3.41. The van der Waals surface area contributed by atoms with Crippen LogP contribution in [0.2, 0.25) is 0 Å². The molecule has 0 rings (SSSR count). The Morgan fingerprint density at radius 1 is 0.600 bits per heavy atom. The molecule has 0 fully saturated rings. The Bertz CT molecular complexity index is 28.0. The summed E-state index contributed by atoms with van der Waals surface area (Å²) in [6.07, 6.45) is 7.01. The van der Waals surface area contributed by atoms with Gasteiger partial charge in [0.1, 0.15) is 0 Å². The molecule has 0 aromatic heterocycles. The molecule has 0 saturated carbocycles. The van der Waals surface area contributed by atoms with E-state index in [-0.39, 0.29) is 88.7 Å². The first kappa shape index (κ1) is 23.1. The van der Waals surface area contributed by atoms with Crippen LogP contribution in [-0.2, 0) is 0 Å². The Balaban J connectivity index is -0.0000000600. The number of hydrogen-bond acceptors (Lipinski definition) is 0. The van der Waals surface area contributed by atoms with Crippen LogP contribution in [0.3, 0.4) is 0 Å². The second-order valence-corrected chi connectivity index (χ2v) is 2.06. The van der Waals surface area contributed by atoms with Crippen molar-refractivity contribution in [3.63, 3.8) is 0 Å². The van der Waals surface area contributed by atoms with Gasteiger partial charge in [-0.2, -0.15) is 0 Å². The molecule has 0 amide bonds. The molecule has 0 spiro atoms. The number of hydrogen-bond donors (Lipinski definition) is 0. The minimum absolute atomic E-state index is 0. The Morgan fingerprint density at radius 2 is 0.900 bits per heavy atom. The molecule has 3 heteroatoms. The molecule has 0 saturated heterocycles. The van der Waals surface area contributed by atoms with Gasteiger partial charge >= 0.3 is 88.7 Å². The Kier molecular flexibility index (Phi) is 52.4. The fraction of sp³-hybridized carbons (Fsp3) is 1.00. The van der Waals surface area contributed by atoms with Crippen LogP contribution in [0.1, 0.15) is 46.0 Å². The molecule has 0 N–H and O–H groups in total. The quantitative estimate of drug-likeness (QED) is 0.439. The normalized spacial score (nSPS) is 6.60. The zero-order valence-corrected chi connectivity index (χ0v) is 5.54. The fourth-order valence-electron chi connectivity index (χ4n) is 0.677. The molecule has 50 valence electrons. The molecule has 0 heterocycles. The van der Waals surface area contributed by atoms with Gasteiger partial charge in [0.25, 0.3) is 0 Å². The third kappa shape index (κ3) is 22.4. The maximum atomic E-state index is 2.25. The van der Waals surface area contributed by atoms with Crippen LogP contribution in [0.4, 0.5) is 0 Å². The maximum absolute atomic E-state index is 2.25. The van der Waals surface area contributed by atoms with Crippen molar-refractivity contribution in [1.82, 2.24) is 0 Å². The van der Waals surface area contributed by atoms with Crippen LogP contribution < -0.4 is 0 Å². The van der Waals surface area contributed by atoms with Crippen molar-refractivity contribution < 1.29 is 0 Å². The molecule has 0 nitrogen and oxygen atoms in total. The molecule has 0 aromatic carbocycles. The van der Waals surface area contributed by atoms with Gasteiger partial charge in [0.2, 0.25) is 0 Å². The topological polar surface area (TPSA) is 0 Å². The summed E-state index contributed by atoms with van der Waals surface area (Å²) in [5.74, 6) is 0. The second-order valence-electron chi connectivity index (χ2n) is 2.06. The monoisotopic (exact) mass is 172 g/mol. The van der Waals surface area contributed by atoms with Crippen molar-refractivity contribution in [2.45, 2.75) is 46.0 Å². The summed E-state index contributed by atoms with van der Waals surface area (Å²) in [4.78, 5) is 0. The molecule has 0 bridgehead atoms. The van der Waals surface area contributed by atoms with Gasteiger partial charge in [-0.15, -0.1) is 0 Å². The van der Waals surface area contributed by atoms with Crippen LogP contribution in [0.25, 0.3) is 0 Å². The summed E-state index contributed by atoms with van der Waals surface area (Å²) in [7, 11) is 0. The van der Waals surface area contributed by atoms with E-state index < -0.39 is 0 Å². The molecule has 0 aromatic rings. The van der Waals surface area contributed by atoms with Gasteiger partial charge < -0.3 is 0 Å². The van der Waals surface area contributed by atoms with Crippen molar-refractivity contribution in [2.24, 2.45) is 0 Å². The number of unbranched alkanes of at least 4 members (excludes halogenated alkanes) is 4. The minimum atomic E-state index is 0. The van der Waals surface area contributed by atoms with E-state index in [1.54, 1.807) is 0 Å². The van der Waals surface area contributed by atoms with Crippen LogP contribution in [-0.4, -0.2) is 88.7 Å². The van der Waals surface area contributed by atoms with Gasteiger partial charge in [-0.3, -0.25) is 0 Å². The molecule has 10 heavy (non-hydrogen) atoms. The van der Waals surface area contributed by atoms with Gasteiger partial charge in [0.05, 0.1) is 0 Å². The van der Waals surface area contributed by atoms with Crippen LogP contribution in [0.15, 0.2) is 0 Å². The summed E-state index contributed by atoms with van der Waals surface area (Å²) in [6, 6.07) is 0. The van der Waals surface area contributed by atoms with Crippen LogP contribution in [0, 0.1) is 0 Å².